The molecule has 2 heterocycles. The Morgan fingerprint density at radius 1 is 1.54 bits per heavy atom. The SMILES string of the molecule is C=C(F)C(=O)N1C2CCC1(C)CC2. The molecule has 2 saturated heterocycles. The lowest BCUT2D eigenvalue weighted by Crippen LogP contribution is -2.43. The average molecular weight is 183 g/mol. The topological polar surface area (TPSA) is 20.3 Å². The molecule has 0 saturated carbocycles. The summed E-state index contributed by atoms with van der Waals surface area (Å²) >= 11 is 0. The maximum absolute atomic E-state index is 12.7. The summed E-state index contributed by atoms with van der Waals surface area (Å²) < 4.78 is 12.7. The Balaban J connectivity index is 2.25. The van der Waals surface area contributed by atoms with Gasteiger partial charge in [-0.05, 0) is 32.6 Å². The van der Waals surface area contributed by atoms with Crippen LogP contribution in [0.1, 0.15) is 32.6 Å². The van der Waals surface area contributed by atoms with Gasteiger partial charge in [-0.3, -0.25) is 4.79 Å². The van der Waals surface area contributed by atoms with Crippen molar-refractivity contribution in [3.05, 3.63) is 12.4 Å². The van der Waals surface area contributed by atoms with Crippen LogP contribution in [0.4, 0.5) is 4.39 Å². The van der Waals surface area contributed by atoms with Gasteiger partial charge in [-0.1, -0.05) is 6.58 Å². The molecule has 1 amide bonds. The number of nitrogens with zero attached hydrogens (tertiary/aromatic N) is 1. The quantitative estimate of drug-likeness (QED) is 0.569. The van der Waals surface area contributed by atoms with Gasteiger partial charge in [0.1, 0.15) is 0 Å². The molecular formula is C10H14FNO. The molecule has 0 aromatic heterocycles. The number of halogens is 1. The molecule has 2 bridgehead atoms. The van der Waals surface area contributed by atoms with E-state index in [0.29, 0.717) is 0 Å². The van der Waals surface area contributed by atoms with Crippen LogP contribution >= 0.6 is 0 Å². The van der Waals surface area contributed by atoms with Gasteiger partial charge >= 0.3 is 0 Å². The summed E-state index contributed by atoms with van der Waals surface area (Å²) in [5.74, 6) is -1.32. The molecular weight excluding hydrogens is 169 g/mol. The summed E-state index contributed by atoms with van der Waals surface area (Å²) in [6.07, 6.45) is 4.07. The smallest absolute Gasteiger partial charge is 0.282 e. The monoisotopic (exact) mass is 183 g/mol. The van der Waals surface area contributed by atoms with Crippen molar-refractivity contribution in [2.75, 3.05) is 0 Å². The van der Waals surface area contributed by atoms with E-state index < -0.39 is 11.7 Å². The zero-order chi connectivity index (χ0) is 9.64. The molecule has 0 unspecified atom stereocenters. The summed E-state index contributed by atoms with van der Waals surface area (Å²) in [4.78, 5) is 13.2. The molecule has 0 aliphatic carbocycles. The fourth-order valence-electron chi connectivity index (χ4n) is 2.71. The van der Waals surface area contributed by atoms with Crippen molar-refractivity contribution in [1.29, 1.82) is 0 Å². The summed E-state index contributed by atoms with van der Waals surface area (Å²) in [5.41, 5.74) is -0.0865. The predicted octanol–water partition coefficient (Wildman–Crippen LogP) is 2.01. The highest BCUT2D eigenvalue weighted by Gasteiger charge is 2.51. The van der Waals surface area contributed by atoms with Crippen LogP contribution in [0.2, 0.25) is 0 Å². The minimum absolute atomic E-state index is 0.0865. The van der Waals surface area contributed by atoms with E-state index in [-0.39, 0.29) is 11.6 Å². The van der Waals surface area contributed by atoms with Crippen LogP contribution in [-0.2, 0) is 4.79 Å². The predicted molar refractivity (Wildman–Crippen MR) is 47.8 cm³/mol. The lowest BCUT2D eigenvalue weighted by Gasteiger charge is -2.30. The molecule has 0 atom stereocenters. The Hall–Kier alpha value is -0.860. The van der Waals surface area contributed by atoms with E-state index in [0.717, 1.165) is 25.7 Å². The van der Waals surface area contributed by atoms with E-state index >= 15 is 0 Å². The molecule has 2 nitrogen and oxygen atoms in total. The molecule has 2 fully saturated rings. The summed E-state index contributed by atoms with van der Waals surface area (Å²) in [6.45, 7) is 5.11. The van der Waals surface area contributed by atoms with Crippen molar-refractivity contribution in [1.82, 2.24) is 4.90 Å². The molecule has 2 rings (SSSR count). The van der Waals surface area contributed by atoms with Gasteiger partial charge in [-0.15, -0.1) is 0 Å². The second-order valence-corrected chi connectivity index (χ2v) is 4.31. The van der Waals surface area contributed by atoms with Gasteiger partial charge in [0, 0.05) is 11.6 Å². The number of carbonyl (C=O) groups excluding carboxylic acids is 1. The number of fused-ring (bicyclic) bond motifs is 2. The highest BCUT2D eigenvalue weighted by Crippen LogP contribution is 2.46. The molecule has 0 aromatic carbocycles. The van der Waals surface area contributed by atoms with Crippen LogP contribution in [0, 0.1) is 0 Å². The highest BCUT2D eigenvalue weighted by atomic mass is 19.1. The molecule has 3 heteroatoms. The van der Waals surface area contributed by atoms with Gasteiger partial charge in [0.25, 0.3) is 5.91 Å². The van der Waals surface area contributed by atoms with Gasteiger partial charge < -0.3 is 4.90 Å². The molecule has 0 spiro atoms. The van der Waals surface area contributed by atoms with Crippen molar-refractivity contribution in [3.8, 4) is 0 Å². The third kappa shape index (κ3) is 1.10. The van der Waals surface area contributed by atoms with Crippen LogP contribution in [0.25, 0.3) is 0 Å². The zero-order valence-electron chi connectivity index (χ0n) is 7.85. The Bertz CT molecular complexity index is 266. The van der Waals surface area contributed by atoms with Crippen LogP contribution in [0.5, 0.6) is 0 Å². The average Bonchev–Trinajstić information content (AvgIpc) is 2.55. The van der Waals surface area contributed by atoms with Gasteiger partial charge in [0.05, 0.1) is 0 Å². The second kappa shape index (κ2) is 2.56. The normalized spacial score (nSPS) is 36.8. The zero-order valence-corrected chi connectivity index (χ0v) is 7.85. The molecule has 2 aliphatic rings. The maximum atomic E-state index is 12.7. The van der Waals surface area contributed by atoms with Crippen molar-refractivity contribution >= 4 is 5.91 Å². The van der Waals surface area contributed by atoms with Crippen molar-refractivity contribution in [2.45, 2.75) is 44.2 Å². The van der Waals surface area contributed by atoms with E-state index in [2.05, 4.69) is 6.58 Å². The lowest BCUT2D eigenvalue weighted by atomic mass is 9.90. The Morgan fingerprint density at radius 3 is 2.38 bits per heavy atom. The Kier molecular flexibility index (Phi) is 1.72. The van der Waals surface area contributed by atoms with Gasteiger partial charge in [-0.2, -0.15) is 0 Å². The fourth-order valence-corrected chi connectivity index (χ4v) is 2.71. The summed E-state index contributed by atoms with van der Waals surface area (Å²) in [6, 6.07) is 0.269. The number of amides is 1. The molecule has 0 N–H and O–H groups in total. The summed E-state index contributed by atoms with van der Waals surface area (Å²) in [5, 5.41) is 0. The number of hydrogen-bond donors (Lipinski definition) is 0. The molecule has 13 heavy (non-hydrogen) atoms. The van der Waals surface area contributed by atoms with E-state index in [1.165, 1.54) is 0 Å². The van der Waals surface area contributed by atoms with Crippen molar-refractivity contribution < 1.29 is 9.18 Å². The van der Waals surface area contributed by atoms with Gasteiger partial charge in [0.15, 0.2) is 5.83 Å². The first-order valence-electron chi connectivity index (χ1n) is 4.73. The largest absolute Gasteiger partial charge is 0.328 e. The highest BCUT2D eigenvalue weighted by molar-refractivity contribution is 5.91. The lowest BCUT2D eigenvalue weighted by molar-refractivity contribution is -0.132. The van der Waals surface area contributed by atoms with Crippen LogP contribution < -0.4 is 0 Å². The Labute approximate surface area is 77.4 Å². The summed E-state index contributed by atoms with van der Waals surface area (Å²) in [7, 11) is 0. The third-order valence-corrected chi connectivity index (χ3v) is 3.43. The number of rotatable bonds is 1. The van der Waals surface area contributed by atoms with Gasteiger partial charge in [0.2, 0.25) is 0 Å². The first kappa shape index (κ1) is 8.73. The van der Waals surface area contributed by atoms with Crippen LogP contribution in [-0.4, -0.2) is 22.4 Å². The molecule has 2 aliphatic heterocycles. The van der Waals surface area contributed by atoms with E-state index in [4.69, 9.17) is 0 Å². The standard InChI is InChI=1S/C10H14FNO/c1-7(11)9(13)12-8-3-5-10(12,2)6-4-8/h8H,1,3-6H2,2H3. The van der Waals surface area contributed by atoms with E-state index in [1.54, 1.807) is 4.90 Å². The third-order valence-electron chi connectivity index (χ3n) is 3.43. The molecule has 0 aromatic rings. The molecule has 72 valence electrons. The minimum atomic E-state index is -0.819. The van der Waals surface area contributed by atoms with Crippen LogP contribution in [0.15, 0.2) is 12.4 Å². The number of carbonyl (C=O) groups is 1. The number of hydrogen-bond acceptors (Lipinski definition) is 1. The van der Waals surface area contributed by atoms with E-state index in [1.807, 2.05) is 6.92 Å². The van der Waals surface area contributed by atoms with Crippen LogP contribution in [0.3, 0.4) is 0 Å². The second-order valence-electron chi connectivity index (χ2n) is 4.31. The molecule has 0 radical (unpaired) electrons. The first-order chi connectivity index (χ1) is 6.04. The minimum Gasteiger partial charge on any atom is -0.328 e. The maximum Gasteiger partial charge on any atom is 0.282 e. The van der Waals surface area contributed by atoms with Gasteiger partial charge in [-0.25, -0.2) is 4.39 Å². The fraction of sp³-hybridized carbons (Fsp3) is 0.700. The van der Waals surface area contributed by atoms with Crippen molar-refractivity contribution in [2.24, 2.45) is 0 Å². The first-order valence-corrected chi connectivity index (χ1v) is 4.73. The Morgan fingerprint density at radius 2 is 2.08 bits per heavy atom. The van der Waals surface area contributed by atoms with Crippen molar-refractivity contribution in [3.63, 3.8) is 0 Å². The van der Waals surface area contributed by atoms with E-state index in [9.17, 15) is 9.18 Å².